The molecule has 29 heavy (non-hydrogen) atoms. The highest BCUT2D eigenvalue weighted by Crippen LogP contribution is 2.31. The van der Waals surface area contributed by atoms with Gasteiger partial charge in [-0.15, -0.1) is 0 Å². The molecular formula is C23H30N4O2. The fourth-order valence-electron chi connectivity index (χ4n) is 4.43. The number of pyridine rings is 1. The van der Waals surface area contributed by atoms with Crippen molar-refractivity contribution < 1.29 is 9.53 Å². The quantitative estimate of drug-likeness (QED) is 0.773. The van der Waals surface area contributed by atoms with E-state index in [1.165, 1.54) is 6.42 Å². The van der Waals surface area contributed by atoms with Crippen LogP contribution in [0.4, 0.5) is 11.5 Å². The molecule has 0 spiro atoms. The molecule has 0 atom stereocenters. The summed E-state index contributed by atoms with van der Waals surface area (Å²) in [6.45, 7) is 3.21. The molecule has 1 aliphatic heterocycles. The average Bonchev–Trinajstić information content (AvgIpc) is 2.81. The maximum Gasteiger partial charge on any atom is 0.246 e. The molecule has 2 heterocycles. The fourth-order valence-corrected chi connectivity index (χ4v) is 4.43. The molecule has 1 amide bonds. The monoisotopic (exact) mass is 394 g/mol. The van der Waals surface area contributed by atoms with Gasteiger partial charge in [0.1, 0.15) is 11.6 Å². The number of hydrazine groups is 1. The van der Waals surface area contributed by atoms with Crippen molar-refractivity contribution in [3.8, 4) is 5.75 Å². The normalized spacial score (nSPS) is 18.4. The van der Waals surface area contributed by atoms with Gasteiger partial charge in [0, 0.05) is 38.3 Å². The topological polar surface area (TPSA) is 48.9 Å². The predicted octanol–water partition coefficient (Wildman–Crippen LogP) is 3.74. The van der Waals surface area contributed by atoms with Crippen molar-refractivity contribution in [3.05, 3.63) is 48.7 Å². The van der Waals surface area contributed by atoms with Crippen LogP contribution in [0.3, 0.4) is 0 Å². The summed E-state index contributed by atoms with van der Waals surface area (Å²) in [5.74, 6) is 1.93. The van der Waals surface area contributed by atoms with Crippen molar-refractivity contribution in [1.82, 2.24) is 9.99 Å². The maximum absolute atomic E-state index is 13.5. The van der Waals surface area contributed by atoms with Crippen LogP contribution < -0.4 is 14.6 Å². The zero-order chi connectivity index (χ0) is 20.1. The third kappa shape index (κ3) is 4.37. The molecule has 1 aliphatic carbocycles. The number of piperazine rings is 1. The van der Waals surface area contributed by atoms with Crippen molar-refractivity contribution >= 4 is 17.4 Å². The summed E-state index contributed by atoms with van der Waals surface area (Å²) in [5, 5.41) is 4.03. The Hall–Kier alpha value is -2.60. The van der Waals surface area contributed by atoms with E-state index in [1.807, 2.05) is 41.4 Å². The Bertz CT molecular complexity index is 800. The van der Waals surface area contributed by atoms with Crippen molar-refractivity contribution in [3.63, 3.8) is 0 Å². The molecule has 6 nitrogen and oxygen atoms in total. The molecule has 2 fully saturated rings. The van der Waals surface area contributed by atoms with Gasteiger partial charge >= 0.3 is 0 Å². The second-order valence-electron chi connectivity index (χ2n) is 7.79. The minimum absolute atomic E-state index is 0.109. The van der Waals surface area contributed by atoms with E-state index in [9.17, 15) is 4.79 Å². The van der Waals surface area contributed by atoms with Crippen LogP contribution in [0.5, 0.6) is 5.75 Å². The number of carbonyl (C=O) groups excluding carboxylic acids is 1. The van der Waals surface area contributed by atoms with Crippen LogP contribution in [0, 0.1) is 5.92 Å². The summed E-state index contributed by atoms with van der Waals surface area (Å²) < 4.78 is 5.53. The molecule has 0 radical (unpaired) electrons. The first-order chi connectivity index (χ1) is 14.3. The van der Waals surface area contributed by atoms with Crippen LogP contribution in [-0.4, -0.2) is 49.2 Å². The largest absolute Gasteiger partial charge is 0.495 e. The summed E-state index contributed by atoms with van der Waals surface area (Å²) in [6, 6.07) is 13.9. The Labute approximate surface area is 173 Å². The lowest BCUT2D eigenvalue weighted by Crippen LogP contribution is -2.57. The van der Waals surface area contributed by atoms with Gasteiger partial charge in [-0.1, -0.05) is 37.5 Å². The second kappa shape index (κ2) is 9.27. The summed E-state index contributed by atoms with van der Waals surface area (Å²) in [6.07, 6.45) is 7.28. The van der Waals surface area contributed by atoms with Crippen LogP contribution in [0.15, 0.2) is 48.7 Å². The van der Waals surface area contributed by atoms with E-state index in [1.54, 1.807) is 13.3 Å². The zero-order valence-electron chi connectivity index (χ0n) is 17.2. The summed E-state index contributed by atoms with van der Waals surface area (Å²) >= 11 is 0. The number of nitrogens with zero attached hydrogens (tertiary/aromatic N) is 4. The van der Waals surface area contributed by atoms with E-state index in [0.717, 1.165) is 69.1 Å². The molecule has 4 rings (SSSR count). The fraction of sp³-hybridized carbons (Fsp3) is 0.478. The van der Waals surface area contributed by atoms with E-state index in [2.05, 4.69) is 21.0 Å². The number of para-hydroxylation sites is 2. The first-order valence-corrected chi connectivity index (χ1v) is 10.7. The molecule has 1 saturated heterocycles. The minimum Gasteiger partial charge on any atom is -0.495 e. The Balaban J connectivity index is 1.51. The van der Waals surface area contributed by atoms with Crippen LogP contribution >= 0.6 is 0 Å². The van der Waals surface area contributed by atoms with Gasteiger partial charge in [0.05, 0.1) is 12.8 Å². The number of benzene rings is 1. The van der Waals surface area contributed by atoms with Crippen LogP contribution in [0.1, 0.15) is 32.1 Å². The van der Waals surface area contributed by atoms with Crippen molar-refractivity contribution in [2.45, 2.75) is 32.1 Å². The molecule has 0 N–H and O–H groups in total. The average molecular weight is 395 g/mol. The lowest BCUT2D eigenvalue weighted by Gasteiger charge is -2.42. The van der Waals surface area contributed by atoms with E-state index in [0.29, 0.717) is 0 Å². The first kappa shape index (κ1) is 19.7. The number of aromatic nitrogens is 1. The van der Waals surface area contributed by atoms with Crippen molar-refractivity contribution in [2.75, 3.05) is 43.2 Å². The number of hydrogen-bond donors (Lipinski definition) is 0. The zero-order valence-corrected chi connectivity index (χ0v) is 17.2. The number of anilines is 2. The molecular weight excluding hydrogens is 364 g/mol. The molecule has 1 saturated carbocycles. The van der Waals surface area contributed by atoms with Gasteiger partial charge in [-0.3, -0.25) is 4.79 Å². The third-order valence-corrected chi connectivity index (χ3v) is 5.99. The lowest BCUT2D eigenvalue weighted by molar-refractivity contribution is -0.126. The van der Waals surface area contributed by atoms with Crippen molar-refractivity contribution in [2.24, 2.45) is 5.92 Å². The lowest BCUT2D eigenvalue weighted by atomic mass is 9.88. The molecule has 2 aliphatic rings. The SMILES string of the molecule is COc1ccccc1N1CCN(N(C(=O)C2CCCCC2)c2ccccn2)CC1. The molecule has 154 valence electrons. The van der Waals surface area contributed by atoms with E-state index in [4.69, 9.17) is 4.74 Å². The number of hydrogen-bond acceptors (Lipinski definition) is 5. The number of amides is 1. The molecule has 2 aromatic rings. The molecule has 1 aromatic heterocycles. The van der Waals surface area contributed by atoms with Gasteiger partial charge in [-0.25, -0.2) is 15.0 Å². The Kier molecular flexibility index (Phi) is 6.30. The van der Waals surface area contributed by atoms with Crippen LogP contribution in [0.2, 0.25) is 0 Å². The smallest absolute Gasteiger partial charge is 0.246 e. The Morgan fingerprint density at radius 1 is 1.00 bits per heavy atom. The molecule has 6 heteroatoms. The molecule has 1 aromatic carbocycles. The standard InChI is InChI=1S/C23H30N4O2/c1-29-21-12-6-5-11-20(21)25-15-17-26(18-16-25)27(22-13-7-8-14-24-22)23(28)19-9-3-2-4-10-19/h5-8,11-14,19H,2-4,9-10,15-18H2,1H3. The van der Waals surface area contributed by atoms with E-state index >= 15 is 0 Å². The first-order valence-electron chi connectivity index (χ1n) is 10.7. The summed E-state index contributed by atoms with van der Waals surface area (Å²) in [7, 11) is 1.71. The molecule has 0 bridgehead atoms. The van der Waals surface area contributed by atoms with Gasteiger partial charge in [0.2, 0.25) is 5.91 Å². The number of ether oxygens (including phenoxy) is 1. The summed E-state index contributed by atoms with van der Waals surface area (Å²) in [4.78, 5) is 20.3. The highest BCUT2D eigenvalue weighted by atomic mass is 16.5. The Morgan fingerprint density at radius 3 is 2.41 bits per heavy atom. The number of carbonyl (C=O) groups is 1. The highest BCUT2D eigenvalue weighted by molar-refractivity contribution is 5.93. The summed E-state index contributed by atoms with van der Waals surface area (Å²) in [5.41, 5.74) is 1.11. The molecule has 0 unspecified atom stereocenters. The van der Waals surface area contributed by atoms with Gasteiger partial charge in [0.25, 0.3) is 0 Å². The van der Waals surface area contributed by atoms with E-state index < -0.39 is 0 Å². The Morgan fingerprint density at radius 2 is 1.72 bits per heavy atom. The highest BCUT2D eigenvalue weighted by Gasteiger charge is 2.33. The third-order valence-electron chi connectivity index (χ3n) is 5.99. The van der Waals surface area contributed by atoms with Gasteiger partial charge in [0.15, 0.2) is 0 Å². The van der Waals surface area contributed by atoms with Gasteiger partial charge in [-0.2, -0.15) is 0 Å². The van der Waals surface area contributed by atoms with Gasteiger partial charge < -0.3 is 9.64 Å². The van der Waals surface area contributed by atoms with Gasteiger partial charge in [-0.05, 0) is 37.1 Å². The second-order valence-corrected chi connectivity index (χ2v) is 7.79. The van der Waals surface area contributed by atoms with Crippen LogP contribution in [0.25, 0.3) is 0 Å². The maximum atomic E-state index is 13.5. The van der Waals surface area contributed by atoms with Crippen LogP contribution in [-0.2, 0) is 4.79 Å². The number of methoxy groups -OCH3 is 1. The predicted molar refractivity (Wildman–Crippen MR) is 115 cm³/mol. The van der Waals surface area contributed by atoms with Crippen molar-refractivity contribution in [1.29, 1.82) is 0 Å². The van der Waals surface area contributed by atoms with E-state index in [-0.39, 0.29) is 11.8 Å². The number of rotatable bonds is 5. The minimum atomic E-state index is 0.109.